The van der Waals surface area contributed by atoms with Crippen molar-refractivity contribution in [2.24, 2.45) is 0 Å². The highest BCUT2D eigenvalue weighted by Crippen LogP contribution is 2.35. The van der Waals surface area contributed by atoms with Crippen LogP contribution in [0.3, 0.4) is 0 Å². The lowest BCUT2D eigenvalue weighted by molar-refractivity contribution is 0.415. The molecule has 0 radical (unpaired) electrons. The number of ether oxygens (including phenoxy) is 1. The molecule has 94 valence electrons. The van der Waals surface area contributed by atoms with Crippen LogP contribution in [0.5, 0.6) is 5.75 Å². The van der Waals surface area contributed by atoms with Crippen LogP contribution in [0.1, 0.15) is 37.3 Å². The molecule has 0 amide bonds. The smallest absolute Gasteiger partial charge is 0.345 e. The van der Waals surface area contributed by atoms with Gasteiger partial charge in [-0.05, 0) is 30.9 Å². The highest BCUT2D eigenvalue weighted by atomic mass is 16.5. The Hall–Kier alpha value is -1.84. The molecule has 2 aromatic rings. The van der Waals surface area contributed by atoms with E-state index in [2.05, 4.69) is 9.97 Å². The van der Waals surface area contributed by atoms with E-state index in [0.29, 0.717) is 5.92 Å². The van der Waals surface area contributed by atoms with Crippen LogP contribution in [0.15, 0.2) is 23.0 Å². The maximum Gasteiger partial charge on any atom is 0.345 e. The third-order valence-corrected chi connectivity index (χ3v) is 3.72. The van der Waals surface area contributed by atoms with Crippen LogP contribution in [-0.4, -0.2) is 17.1 Å². The van der Waals surface area contributed by atoms with Crippen molar-refractivity contribution < 1.29 is 4.74 Å². The molecule has 0 saturated heterocycles. The highest BCUT2D eigenvalue weighted by molar-refractivity contribution is 5.82. The minimum Gasteiger partial charge on any atom is -0.497 e. The number of aromatic nitrogens is 2. The van der Waals surface area contributed by atoms with Gasteiger partial charge in [0.25, 0.3) is 0 Å². The van der Waals surface area contributed by atoms with Crippen molar-refractivity contribution in [2.45, 2.75) is 31.6 Å². The van der Waals surface area contributed by atoms with Crippen molar-refractivity contribution in [2.75, 3.05) is 7.11 Å². The van der Waals surface area contributed by atoms with E-state index in [-0.39, 0.29) is 5.69 Å². The van der Waals surface area contributed by atoms with Crippen molar-refractivity contribution >= 4 is 10.9 Å². The Labute approximate surface area is 105 Å². The summed E-state index contributed by atoms with van der Waals surface area (Å²) in [5.74, 6) is 1.20. The summed E-state index contributed by atoms with van der Waals surface area (Å²) in [7, 11) is 1.62. The summed E-state index contributed by atoms with van der Waals surface area (Å²) in [4.78, 5) is 18.6. The number of aromatic amines is 1. The number of methoxy groups -OCH3 is 1. The van der Waals surface area contributed by atoms with E-state index in [1.54, 1.807) is 7.11 Å². The van der Waals surface area contributed by atoms with Crippen LogP contribution in [0.4, 0.5) is 0 Å². The van der Waals surface area contributed by atoms with Crippen LogP contribution in [0.2, 0.25) is 0 Å². The first-order valence-electron chi connectivity index (χ1n) is 6.36. The zero-order valence-corrected chi connectivity index (χ0v) is 10.4. The second kappa shape index (κ2) is 4.44. The summed E-state index contributed by atoms with van der Waals surface area (Å²) in [5.41, 5.74) is 1.50. The molecule has 1 aliphatic carbocycles. The molecular weight excluding hydrogens is 228 g/mol. The van der Waals surface area contributed by atoms with Crippen LogP contribution in [0, 0.1) is 0 Å². The second-order valence-electron chi connectivity index (χ2n) is 4.82. The van der Waals surface area contributed by atoms with Crippen LogP contribution >= 0.6 is 0 Å². The predicted molar refractivity (Wildman–Crippen MR) is 70.1 cm³/mol. The molecule has 0 atom stereocenters. The Morgan fingerprint density at radius 3 is 2.83 bits per heavy atom. The Kier molecular flexibility index (Phi) is 2.78. The van der Waals surface area contributed by atoms with Gasteiger partial charge in [-0.25, -0.2) is 4.79 Å². The van der Waals surface area contributed by atoms with Gasteiger partial charge in [0.05, 0.1) is 12.6 Å². The lowest BCUT2D eigenvalue weighted by Gasteiger charge is -2.12. The number of hydrogen-bond donors (Lipinski definition) is 1. The zero-order valence-electron chi connectivity index (χ0n) is 10.4. The first-order valence-corrected chi connectivity index (χ1v) is 6.36. The molecule has 0 bridgehead atoms. The number of H-pyrrole nitrogens is 1. The molecule has 1 N–H and O–H groups in total. The largest absolute Gasteiger partial charge is 0.497 e. The maximum absolute atomic E-state index is 11.7. The number of benzene rings is 1. The van der Waals surface area contributed by atoms with Crippen molar-refractivity contribution in [3.63, 3.8) is 0 Å². The van der Waals surface area contributed by atoms with Gasteiger partial charge >= 0.3 is 5.69 Å². The van der Waals surface area contributed by atoms with Gasteiger partial charge in [-0.1, -0.05) is 12.8 Å². The molecule has 4 nitrogen and oxygen atoms in total. The minimum absolute atomic E-state index is 0.266. The lowest BCUT2D eigenvalue weighted by Crippen LogP contribution is -2.14. The van der Waals surface area contributed by atoms with E-state index >= 15 is 0 Å². The van der Waals surface area contributed by atoms with Crippen LogP contribution in [0.25, 0.3) is 10.9 Å². The van der Waals surface area contributed by atoms with Gasteiger partial charge in [0.1, 0.15) is 5.75 Å². The number of nitrogens with zero attached hydrogens (tertiary/aromatic N) is 1. The summed E-state index contributed by atoms with van der Waals surface area (Å²) in [6.45, 7) is 0. The molecule has 18 heavy (non-hydrogen) atoms. The van der Waals surface area contributed by atoms with Gasteiger partial charge in [0, 0.05) is 17.1 Å². The van der Waals surface area contributed by atoms with Crippen LogP contribution in [-0.2, 0) is 0 Å². The normalized spacial score (nSPS) is 16.3. The Bertz CT molecular complexity index is 627. The fourth-order valence-corrected chi connectivity index (χ4v) is 2.82. The van der Waals surface area contributed by atoms with E-state index in [9.17, 15) is 4.79 Å². The quantitative estimate of drug-likeness (QED) is 0.883. The summed E-state index contributed by atoms with van der Waals surface area (Å²) in [6.07, 6.45) is 4.79. The molecule has 4 heteroatoms. The topological polar surface area (TPSA) is 55.0 Å². The Morgan fingerprint density at radius 2 is 2.11 bits per heavy atom. The summed E-state index contributed by atoms with van der Waals surface area (Å²) in [5, 5.41) is 1.04. The molecule has 0 unspecified atom stereocenters. The summed E-state index contributed by atoms with van der Waals surface area (Å²) < 4.78 is 5.18. The van der Waals surface area contributed by atoms with E-state index in [1.807, 2.05) is 18.2 Å². The third kappa shape index (κ3) is 1.88. The first-order chi connectivity index (χ1) is 8.78. The molecular formula is C14H16N2O2. The van der Waals surface area contributed by atoms with Crippen molar-refractivity contribution in [1.29, 1.82) is 0 Å². The highest BCUT2D eigenvalue weighted by Gasteiger charge is 2.20. The third-order valence-electron chi connectivity index (χ3n) is 3.72. The van der Waals surface area contributed by atoms with E-state index in [0.717, 1.165) is 35.2 Å². The van der Waals surface area contributed by atoms with Gasteiger partial charge in [0.2, 0.25) is 0 Å². The lowest BCUT2D eigenvalue weighted by atomic mass is 9.99. The monoisotopic (exact) mass is 244 g/mol. The Morgan fingerprint density at radius 1 is 1.33 bits per heavy atom. The molecule has 1 aromatic heterocycles. The van der Waals surface area contributed by atoms with Crippen molar-refractivity contribution in [3.8, 4) is 5.75 Å². The minimum atomic E-state index is -0.266. The average Bonchev–Trinajstić information content (AvgIpc) is 2.90. The van der Waals surface area contributed by atoms with Gasteiger partial charge in [-0.3, -0.25) is 0 Å². The van der Waals surface area contributed by atoms with E-state index < -0.39 is 0 Å². The van der Waals surface area contributed by atoms with Crippen LogP contribution < -0.4 is 10.4 Å². The number of rotatable bonds is 2. The van der Waals surface area contributed by atoms with Crippen molar-refractivity contribution in [1.82, 2.24) is 9.97 Å². The standard InChI is InChI=1S/C14H16N2O2/c1-18-10-6-7-11-12(8-10)15-14(17)16-13(11)9-4-2-3-5-9/h6-9H,2-5H2,1H3,(H,15,16,17). The average molecular weight is 244 g/mol. The fourth-order valence-electron chi connectivity index (χ4n) is 2.82. The Balaban J connectivity index is 2.20. The maximum atomic E-state index is 11.7. The SMILES string of the molecule is COc1ccc2c(C3CCCC3)[nH]c(=O)nc2c1. The number of hydrogen-bond acceptors (Lipinski definition) is 3. The van der Waals surface area contributed by atoms with E-state index in [4.69, 9.17) is 4.74 Å². The predicted octanol–water partition coefficient (Wildman–Crippen LogP) is 2.59. The van der Waals surface area contributed by atoms with Gasteiger partial charge < -0.3 is 9.72 Å². The first kappa shape index (κ1) is 11.3. The molecule has 0 spiro atoms. The number of fused-ring (bicyclic) bond motifs is 1. The summed E-state index contributed by atoms with van der Waals surface area (Å²) >= 11 is 0. The molecule has 1 aromatic carbocycles. The van der Waals surface area contributed by atoms with Crippen molar-refractivity contribution in [3.05, 3.63) is 34.4 Å². The van der Waals surface area contributed by atoms with Gasteiger partial charge in [0.15, 0.2) is 0 Å². The molecule has 1 aliphatic rings. The molecule has 0 aliphatic heterocycles. The van der Waals surface area contributed by atoms with E-state index in [1.165, 1.54) is 12.8 Å². The molecule has 1 saturated carbocycles. The molecule has 3 rings (SSSR count). The number of nitrogens with one attached hydrogen (secondary N) is 1. The second-order valence-corrected chi connectivity index (χ2v) is 4.82. The fraction of sp³-hybridized carbons (Fsp3) is 0.429. The van der Waals surface area contributed by atoms with Gasteiger partial charge in [-0.2, -0.15) is 4.98 Å². The van der Waals surface area contributed by atoms with Gasteiger partial charge in [-0.15, -0.1) is 0 Å². The summed E-state index contributed by atoms with van der Waals surface area (Å²) in [6, 6.07) is 5.73. The molecule has 1 fully saturated rings. The zero-order chi connectivity index (χ0) is 12.5. The molecule has 1 heterocycles.